The first kappa shape index (κ1) is 12.5. The molecule has 0 bridgehead atoms. The van der Waals surface area contributed by atoms with Crippen LogP contribution in [0.3, 0.4) is 0 Å². The van der Waals surface area contributed by atoms with Gasteiger partial charge in [0.2, 0.25) is 5.13 Å². The lowest BCUT2D eigenvalue weighted by molar-refractivity contribution is 0.941. The monoisotopic (exact) mass is 293 g/mol. The summed E-state index contributed by atoms with van der Waals surface area (Å²) >= 11 is 1.64. The minimum absolute atomic E-state index is 0.863. The number of anilines is 1. The van der Waals surface area contributed by atoms with Crippen LogP contribution in [0.4, 0.5) is 5.13 Å². The fraction of sp³-hybridized carbons (Fsp3) is 0.176. The van der Waals surface area contributed by atoms with Gasteiger partial charge in [-0.15, -0.1) is 0 Å². The van der Waals surface area contributed by atoms with Crippen molar-refractivity contribution in [1.82, 2.24) is 4.98 Å². The number of aromatic nitrogens is 1. The molecule has 0 saturated carbocycles. The van der Waals surface area contributed by atoms with Gasteiger partial charge >= 0.3 is 0 Å². The first-order valence-electron chi connectivity index (χ1n) is 7.12. The molecule has 0 saturated heterocycles. The molecule has 4 rings (SSSR count). The second kappa shape index (κ2) is 5.30. The molecule has 1 aromatic heterocycles. The van der Waals surface area contributed by atoms with Crippen molar-refractivity contribution in [3.05, 3.63) is 59.7 Å². The molecule has 4 heteroatoms. The zero-order valence-electron chi connectivity index (χ0n) is 11.5. The molecule has 1 heterocycles. The van der Waals surface area contributed by atoms with Crippen molar-refractivity contribution >= 4 is 32.4 Å². The van der Waals surface area contributed by atoms with E-state index in [4.69, 9.17) is 0 Å². The number of benzene rings is 2. The van der Waals surface area contributed by atoms with E-state index < -0.39 is 0 Å². The van der Waals surface area contributed by atoms with Gasteiger partial charge in [-0.1, -0.05) is 47.7 Å². The van der Waals surface area contributed by atoms with Crippen LogP contribution >= 0.6 is 11.3 Å². The van der Waals surface area contributed by atoms with Crippen LogP contribution in [0.5, 0.6) is 0 Å². The molecule has 0 spiro atoms. The second-order valence-corrected chi connectivity index (χ2v) is 6.25. The number of fused-ring (bicyclic) bond motifs is 2. The fourth-order valence-corrected chi connectivity index (χ4v) is 3.51. The Morgan fingerprint density at radius 3 is 2.67 bits per heavy atom. The molecule has 104 valence electrons. The van der Waals surface area contributed by atoms with Crippen molar-refractivity contribution in [2.24, 2.45) is 5.10 Å². The Balaban J connectivity index is 1.53. The summed E-state index contributed by atoms with van der Waals surface area (Å²) < 4.78 is 1.19. The summed E-state index contributed by atoms with van der Waals surface area (Å²) in [4.78, 5) is 4.54. The number of nitrogens with one attached hydrogen (secondary N) is 1. The number of nitrogens with zero attached hydrogens (tertiary/aromatic N) is 2. The van der Waals surface area contributed by atoms with Gasteiger partial charge in [-0.2, -0.15) is 5.10 Å². The molecule has 0 amide bonds. The van der Waals surface area contributed by atoms with E-state index in [1.807, 2.05) is 18.2 Å². The Bertz CT molecular complexity index is 787. The maximum atomic E-state index is 4.56. The van der Waals surface area contributed by atoms with Crippen molar-refractivity contribution in [2.45, 2.75) is 19.3 Å². The zero-order chi connectivity index (χ0) is 14.1. The highest BCUT2D eigenvalue weighted by Gasteiger charge is 2.13. The van der Waals surface area contributed by atoms with Gasteiger partial charge < -0.3 is 0 Å². The van der Waals surface area contributed by atoms with E-state index in [-0.39, 0.29) is 0 Å². The molecule has 3 aromatic rings. The van der Waals surface area contributed by atoms with E-state index in [9.17, 15) is 0 Å². The predicted molar refractivity (Wildman–Crippen MR) is 89.1 cm³/mol. The Morgan fingerprint density at radius 1 is 0.952 bits per heavy atom. The lowest BCUT2D eigenvalue weighted by atomic mass is 9.90. The minimum atomic E-state index is 0.863. The Kier molecular flexibility index (Phi) is 3.16. The first-order valence-corrected chi connectivity index (χ1v) is 7.94. The molecule has 21 heavy (non-hydrogen) atoms. The molecular weight excluding hydrogens is 278 g/mol. The lowest BCUT2D eigenvalue weighted by Crippen LogP contribution is -2.14. The third kappa shape index (κ3) is 2.54. The van der Waals surface area contributed by atoms with Crippen LogP contribution in [0.2, 0.25) is 0 Å². The van der Waals surface area contributed by atoms with E-state index in [1.165, 1.54) is 21.5 Å². The van der Waals surface area contributed by atoms with Gasteiger partial charge in [0.1, 0.15) is 0 Å². The van der Waals surface area contributed by atoms with Crippen LogP contribution < -0.4 is 5.43 Å². The molecule has 3 nitrogen and oxygen atoms in total. The summed E-state index contributed by atoms with van der Waals surface area (Å²) in [5.74, 6) is 0. The lowest BCUT2D eigenvalue weighted by Gasteiger charge is -2.16. The molecule has 0 atom stereocenters. The average molecular weight is 293 g/mol. The SMILES string of the molecule is c1ccc2c(c1)CCC(=NNc1nc3ccccc3s1)C2. The second-order valence-electron chi connectivity index (χ2n) is 5.22. The Hall–Kier alpha value is -2.20. The quantitative estimate of drug-likeness (QED) is 0.717. The standard InChI is InChI=1S/C17H15N3S/c1-2-6-13-11-14(10-9-12(13)5-1)19-20-17-18-15-7-3-4-8-16(15)21-17/h1-8H,9-11H2,(H,18,20). The van der Waals surface area contributed by atoms with Gasteiger partial charge in [0.25, 0.3) is 0 Å². The van der Waals surface area contributed by atoms with Crippen molar-refractivity contribution in [3.63, 3.8) is 0 Å². The smallest absolute Gasteiger partial charge is 0.204 e. The maximum absolute atomic E-state index is 4.56. The summed E-state index contributed by atoms with van der Waals surface area (Å²) in [5, 5.41) is 5.43. The van der Waals surface area contributed by atoms with Crippen LogP contribution in [0.15, 0.2) is 53.6 Å². The summed E-state index contributed by atoms with van der Waals surface area (Å²) in [6.45, 7) is 0. The number of hydrogen-bond donors (Lipinski definition) is 1. The summed E-state index contributed by atoms with van der Waals surface area (Å²) in [5.41, 5.74) is 8.21. The van der Waals surface area contributed by atoms with E-state index in [2.05, 4.69) is 45.8 Å². The van der Waals surface area contributed by atoms with Crippen LogP contribution in [-0.2, 0) is 12.8 Å². The summed E-state index contributed by atoms with van der Waals surface area (Å²) in [7, 11) is 0. The predicted octanol–water partition coefficient (Wildman–Crippen LogP) is 4.25. The van der Waals surface area contributed by atoms with E-state index in [1.54, 1.807) is 11.3 Å². The molecule has 0 radical (unpaired) electrons. The molecule has 1 aliphatic rings. The Morgan fingerprint density at radius 2 is 1.76 bits per heavy atom. The van der Waals surface area contributed by atoms with Crippen molar-refractivity contribution in [2.75, 3.05) is 5.43 Å². The number of hydrazone groups is 1. The highest BCUT2D eigenvalue weighted by atomic mass is 32.1. The van der Waals surface area contributed by atoms with Crippen molar-refractivity contribution < 1.29 is 0 Å². The van der Waals surface area contributed by atoms with Gasteiger partial charge in [-0.25, -0.2) is 4.98 Å². The normalized spacial score (nSPS) is 16.1. The molecule has 1 aliphatic carbocycles. The number of hydrogen-bond acceptors (Lipinski definition) is 4. The van der Waals surface area contributed by atoms with Gasteiger partial charge in [0.05, 0.1) is 10.2 Å². The topological polar surface area (TPSA) is 37.3 Å². The van der Waals surface area contributed by atoms with Crippen LogP contribution in [0.1, 0.15) is 17.5 Å². The fourth-order valence-electron chi connectivity index (χ4n) is 2.70. The van der Waals surface area contributed by atoms with Crippen molar-refractivity contribution in [3.8, 4) is 0 Å². The number of aryl methyl sites for hydroxylation is 1. The van der Waals surface area contributed by atoms with E-state index >= 15 is 0 Å². The van der Waals surface area contributed by atoms with Crippen molar-refractivity contribution in [1.29, 1.82) is 0 Å². The highest BCUT2D eigenvalue weighted by molar-refractivity contribution is 7.22. The molecule has 0 unspecified atom stereocenters. The van der Waals surface area contributed by atoms with E-state index in [0.29, 0.717) is 0 Å². The van der Waals surface area contributed by atoms with Crippen LogP contribution in [0, 0.1) is 0 Å². The number of para-hydroxylation sites is 1. The van der Waals surface area contributed by atoms with E-state index in [0.717, 1.165) is 29.9 Å². The molecule has 0 aliphatic heterocycles. The third-order valence-electron chi connectivity index (χ3n) is 3.80. The third-order valence-corrected chi connectivity index (χ3v) is 4.74. The zero-order valence-corrected chi connectivity index (χ0v) is 12.4. The van der Waals surface area contributed by atoms with Gasteiger partial charge in [0.15, 0.2) is 0 Å². The van der Waals surface area contributed by atoms with Crippen LogP contribution in [-0.4, -0.2) is 10.7 Å². The minimum Gasteiger partial charge on any atom is -0.253 e. The Labute approximate surface area is 127 Å². The van der Waals surface area contributed by atoms with Gasteiger partial charge in [0, 0.05) is 12.1 Å². The van der Waals surface area contributed by atoms with Crippen LogP contribution in [0.25, 0.3) is 10.2 Å². The number of rotatable bonds is 2. The summed E-state index contributed by atoms with van der Waals surface area (Å²) in [6, 6.07) is 16.8. The molecule has 1 N–H and O–H groups in total. The van der Waals surface area contributed by atoms with Gasteiger partial charge in [-0.3, -0.25) is 5.43 Å². The average Bonchev–Trinajstić information content (AvgIpc) is 2.95. The first-order chi connectivity index (χ1) is 10.4. The molecular formula is C17H15N3S. The molecule has 2 aromatic carbocycles. The highest BCUT2D eigenvalue weighted by Crippen LogP contribution is 2.26. The largest absolute Gasteiger partial charge is 0.253 e. The van der Waals surface area contributed by atoms with Gasteiger partial charge in [-0.05, 0) is 36.1 Å². The summed E-state index contributed by atoms with van der Waals surface area (Å²) in [6.07, 6.45) is 3.04. The number of thiazole rings is 1. The maximum Gasteiger partial charge on any atom is 0.204 e. The molecule has 0 fully saturated rings.